The van der Waals surface area contributed by atoms with E-state index >= 15 is 0 Å². The highest BCUT2D eigenvalue weighted by atomic mass is 16.5. The third kappa shape index (κ3) is 4.08. The minimum atomic E-state index is -0.280. The number of aryl methyl sites for hydroxylation is 2. The van der Waals surface area contributed by atoms with Gasteiger partial charge in [0.2, 0.25) is 0 Å². The van der Waals surface area contributed by atoms with Crippen LogP contribution in [0.4, 0.5) is 10.5 Å². The molecule has 0 saturated heterocycles. The molecule has 2 aromatic carbocycles. The van der Waals surface area contributed by atoms with E-state index in [4.69, 9.17) is 4.74 Å². The van der Waals surface area contributed by atoms with Crippen LogP contribution in [0.15, 0.2) is 48.5 Å². The van der Waals surface area contributed by atoms with Crippen LogP contribution in [0.3, 0.4) is 0 Å². The van der Waals surface area contributed by atoms with Gasteiger partial charge in [-0.05, 0) is 55.3 Å². The van der Waals surface area contributed by atoms with Crippen LogP contribution in [0.2, 0.25) is 0 Å². The van der Waals surface area contributed by atoms with E-state index in [1.807, 2.05) is 43.3 Å². The van der Waals surface area contributed by atoms with E-state index in [0.29, 0.717) is 18.0 Å². The first kappa shape index (κ1) is 17.1. The van der Waals surface area contributed by atoms with Crippen molar-refractivity contribution in [2.24, 2.45) is 0 Å². The predicted molar refractivity (Wildman–Crippen MR) is 102 cm³/mol. The van der Waals surface area contributed by atoms with Gasteiger partial charge in [-0.3, -0.25) is 0 Å². The summed E-state index contributed by atoms with van der Waals surface area (Å²) >= 11 is 0. The van der Waals surface area contributed by atoms with E-state index in [9.17, 15) is 4.79 Å². The third-order valence-electron chi connectivity index (χ3n) is 4.43. The van der Waals surface area contributed by atoms with Gasteiger partial charge in [-0.1, -0.05) is 12.1 Å². The van der Waals surface area contributed by atoms with Crippen LogP contribution in [0.1, 0.15) is 23.6 Å². The second-order valence-corrected chi connectivity index (χ2v) is 6.54. The number of carbonyl (C=O) groups excluding carboxylic acids is 1. The average Bonchev–Trinajstić information content (AvgIpc) is 3.26. The molecule has 0 fully saturated rings. The van der Waals surface area contributed by atoms with Crippen molar-refractivity contribution in [1.82, 2.24) is 20.1 Å². The highest BCUT2D eigenvalue weighted by Gasteiger charge is 2.17. The quantitative estimate of drug-likeness (QED) is 0.725. The number of nitrogens with zero attached hydrogens (tertiary/aromatic N) is 3. The van der Waals surface area contributed by atoms with E-state index in [2.05, 4.69) is 25.4 Å². The van der Waals surface area contributed by atoms with E-state index in [1.54, 1.807) is 12.1 Å². The fourth-order valence-corrected chi connectivity index (χ4v) is 3.10. The van der Waals surface area contributed by atoms with Gasteiger partial charge in [0.1, 0.15) is 17.3 Å². The van der Waals surface area contributed by atoms with Crippen LogP contribution in [0.5, 0.6) is 11.5 Å². The number of nitrogens with one attached hydrogen (secondary N) is 2. The Morgan fingerprint density at radius 2 is 2.00 bits per heavy atom. The standard InChI is InChI=1S/C20H21N5O2/c1-14-4-2-5-17(12-14)27-16-9-7-15(8-10-16)22-20(26)21-13-19-24-23-18-6-3-11-25(18)19/h2,4-5,7-10,12H,3,6,11,13H2,1H3,(H2,21,22,26). The lowest BCUT2D eigenvalue weighted by atomic mass is 10.2. The number of ether oxygens (including phenoxy) is 1. The summed E-state index contributed by atoms with van der Waals surface area (Å²) in [6, 6.07) is 14.8. The first-order chi connectivity index (χ1) is 13.2. The normalized spacial score (nSPS) is 12.5. The summed E-state index contributed by atoms with van der Waals surface area (Å²) in [5, 5.41) is 13.9. The van der Waals surface area contributed by atoms with Crippen molar-refractivity contribution in [3.8, 4) is 11.5 Å². The molecule has 0 radical (unpaired) electrons. The molecule has 1 aliphatic heterocycles. The summed E-state index contributed by atoms with van der Waals surface area (Å²) in [5.41, 5.74) is 1.83. The van der Waals surface area contributed by atoms with Crippen LogP contribution in [0, 0.1) is 6.92 Å². The summed E-state index contributed by atoms with van der Waals surface area (Å²) in [7, 11) is 0. The van der Waals surface area contributed by atoms with Crippen LogP contribution < -0.4 is 15.4 Å². The lowest BCUT2D eigenvalue weighted by Crippen LogP contribution is -2.29. The molecule has 0 aliphatic carbocycles. The molecule has 3 aromatic rings. The number of fused-ring (bicyclic) bond motifs is 1. The Morgan fingerprint density at radius 3 is 2.81 bits per heavy atom. The van der Waals surface area contributed by atoms with Crippen molar-refractivity contribution in [3.05, 3.63) is 65.7 Å². The van der Waals surface area contributed by atoms with Crippen LogP contribution in [-0.4, -0.2) is 20.8 Å². The van der Waals surface area contributed by atoms with Gasteiger partial charge in [0.15, 0.2) is 5.82 Å². The number of benzene rings is 2. The summed E-state index contributed by atoms with van der Waals surface area (Å²) in [5.74, 6) is 3.29. The number of anilines is 1. The summed E-state index contributed by atoms with van der Waals surface area (Å²) in [6.07, 6.45) is 2.04. The van der Waals surface area contributed by atoms with Gasteiger partial charge in [-0.2, -0.15) is 0 Å². The first-order valence-corrected chi connectivity index (χ1v) is 8.98. The van der Waals surface area contributed by atoms with Crippen LogP contribution >= 0.6 is 0 Å². The molecule has 7 heteroatoms. The highest BCUT2D eigenvalue weighted by Crippen LogP contribution is 2.23. The van der Waals surface area contributed by atoms with Crippen molar-refractivity contribution in [2.45, 2.75) is 32.9 Å². The van der Waals surface area contributed by atoms with Gasteiger partial charge >= 0.3 is 6.03 Å². The second-order valence-electron chi connectivity index (χ2n) is 6.54. The zero-order valence-electron chi connectivity index (χ0n) is 15.1. The smallest absolute Gasteiger partial charge is 0.319 e. The monoisotopic (exact) mass is 363 g/mol. The molecule has 1 aliphatic rings. The Labute approximate surface area is 157 Å². The van der Waals surface area contributed by atoms with Crippen molar-refractivity contribution >= 4 is 11.7 Å². The summed E-state index contributed by atoms with van der Waals surface area (Å²) in [6.45, 7) is 3.29. The lowest BCUT2D eigenvalue weighted by molar-refractivity contribution is 0.251. The fourth-order valence-electron chi connectivity index (χ4n) is 3.10. The van der Waals surface area contributed by atoms with Crippen LogP contribution in [-0.2, 0) is 19.5 Å². The minimum Gasteiger partial charge on any atom is -0.457 e. The number of hydrogen-bond acceptors (Lipinski definition) is 4. The number of carbonyl (C=O) groups is 1. The van der Waals surface area contributed by atoms with E-state index in [1.165, 1.54) is 0 Å². The molecule has 0 atom stereocenters. The molecular formula is C20H21N5O2. The Kier molecular flexibility index (Phi) is 4.74. The molecule has 1 aromatic heterocycles. The Bertz CT molecular complexity index is 949. The Morgan fingerprint density at radius 1 is 1.15 bits per heavy atom. The number of hydrogen-bond donors (Lipinski definition) is 2. The SMILES string of the molecule is Cc1cccc(Oc2ccc(NC(=O)NCc3nnc4n3CCC4)cc2)c1. The molecule has 2 amide bonds. The number of rotatable bonds is 5. The second kappa shape index (κ2) is 7.49. The largest absolute Gasteiger partial charge is 0.457 e. The van der Waals surface area contributed by atoms with Gasteiger partial charge in [-0.15, -0.1) is 10.2 Å². The van der Waals surface area contributed by atoms with Gasteiger partial charge in [0, 0.05) is 18.7 Å². The number of urea groups is 1. The van der Waals surface area contributed by atoms with Gasteiger partial charge in [0.25, 0.3) is 0 Å². The highest BCUT2D eigenvalue weighted by molar-refractivity contribution is 5.89. The average molecular weight is 363 g/mol. The van der Waals surface area contributed by atoms with E-state index in [0.717, 1.165) is 42.3 Å². The number of aromatic nitrogens is 3. The van der Waals surface area contributed by atoms with Crippen molar-refractivity contribution < 1.29 is 9.53 Å². The lowest BCUT2D eigenvalue weighted by Gasteiger charge is -2.09. The molecule has 2 N–H and O–H groups in total. The Hall–Kier alpha value is -3.35. The molecule has 4 rings (SSSR count). The van der Waals surface area contributed by atoms with Crippen molar-refractivity contribution in [1.29, 1.82) is 0 Å². The zero-order valence-corrected chi connectivity index (χ0v) is 15.1. The molecule has 0 unspecified atom stereocenters. The maximum absolute atomic E-state index is 12.1. The molecule has 27 heavy (non-hydrogen) atoms. The minimum absolute atomic E-state index is 0.280. The topological polar surface area (TPSA) is 81.1 Å². The molecule has 0 bridgehead atoms. The Balaban J connectivity index is 1.30. The van der Waals surface area contributed by atoms with Crippen LogP contribution in [0.25, 0.3) is 0 Å². The first-order valence-electron chi connectivity index (χ1n) is 8.98. The fraction of sp³-hybridized carbons (Fsp3) is 0.250. The van der Waals surface area contributed by atoms with Gasteiger partial charge in [-0.25, -0.2) is 4.79 Å². The molecule has 138 valence electrons. The maximum atomic E-state index is 12.1. The van der Waals surface area contributed by atoms with Gasteiger partial charge < -0.3 is 19.9 Å². The molecule has 7 nitrogen and oxygen atoms in total. The summed E-state index contributed by atoms with van der Waals surface area (Å²) in [4.78, 5) is 12.1. The molecular weight excluding hydrogens is 342 g/mol. The zero-order chi connectivity index (χ0) is 18.6. The predicted octanol–water partition coefficient (Wildman–Crippen LogP) is 3.65. The van der Waals surface area contributed by atoms with E-state index in [-0.39, 0.29) is 6.03 Å². The van der Waals surface area contributed by atoms with Gasteiger partial charge in [0.05, 0.1) is 6.54 Å². The third-order valence-corrected chi connectivity index (χ3v) is 4.43. The summed E-state index contributed by atoms with van der Waals surface area (Å²) < 4.78 is 7.88. The molecule has 2 heterocycles. The number of amides is 2. The maximum Gasteiger partial charge on any atom is 0.319 e. The van der Waals surface area contributed by atoms with E-state index < -0.39 is 0 Å². The molecule has 0 spiro atoms. The van der Waals surface area contributed by atoms with Crippen molar-refractivity contribution in [3.63, 3.8) is 0 Å². The van der Waals surface area contributed by atoms with Crippen molar-refractivity contribution in [2.75, 3.05) is 5.32 Å². The molecule has 0 saturated carbocycles.